The molecule has 219 valence electrons. The summed E-state index contributed by atoms with van der Waals surface area (Å²) in [6, 6.07) is 13.8. The van der Waals surface area contributed by atoms with E-state index in [2.05, 4.69) is 68.3 Å². The Morgan fingerprint density at radius 1 is 1.02 bits per heavy atom. The number of allylic oxidation sites excluding steroid dienone is 2. The van der Waals surface area contributed by atoms with Crippen molar-refractivity contribution in [2.45, 2.75) is 94.4 Å². The average Bonchev–Trinajstić information content (AvgIpc) is 3.15. The Bertz CT molecular complexity index is 1390. The number of aliphatic hydroxyl groups is 1. The number of carbonyl (C=O) groups excluding carboxylic acids is 1. The number of aryl methyl sites for hydroxylation is 2. The van der Waals surface area contributed by atoms with Crippen LogP contribution < -0.4 is 0 Å². The average molecular weight is 720 g/mol. The maximum atomic E-state index is 11.7. The summed E-state index contributed by atoms with van der Waals surface area (Å²) in [5.41, 5.74) is 7.98. The van der Waals surface area contributed by atoms with Crippen molar-refractivity contribution in [3.8, 4) is 0 Å². The number of benzene rings is 1. The van der Waals surface area contributed by atoms with Crippen LogP contribution in [0.15, 0.2) is 48.4 Å². The molecule has 0 aliphatic carbocycles. The molecule has 3 aromatic heterocycles. The van der Waals surface area contributed by atoms with Crippen LogP contribution in [0.2, 0.25) is 0 Å². The van der Waals surface area contributed by atoms with Gasteiger partial charge in [0, 0.05) is 55.4 Å². The summed E-state index contributed by atoms with van der Waals surface area (Å²) in [4.78, 5) is 16.4. The fourth-order valence-electron chi connectivity index (χ4n) is 5.68. The molecule has 0 amide bonds. The maximum absolute atomic E-state index is 11.7. The van der Waals surface area contributed by atoms with Gasteiger partial charge in [0.15, 0.2) is 5.78 Å². The molecule has 40 heavy (non-hydrogen) atoms. The maximum Gasteiger partial charge on any atom is 0.162 e. The third-order valence-corrected chi connectivity index (χ3v) is 7.97. The Hall–Kier alpha value is -2.49. The molecule has 0 bridgehead atoms. The topological polar surface area (TPSA) is 54.6 Å². The third-order valence-electron chi connectivity index (χ3n) is 7.97. The van der Waals surface area contributed by atoms with Gasteiger partial charge in [0.1, 0.15) is 0 Å². The van der Waals surface area contributed by atoms with E-state index >= 15 is 0 Å². The van der Waals surface area contributed by atoms with Gasteiger partial charge in [0.2, 0.25) is 0 Å². The predicted octanol–water partition coefficient (Wildman–Crippen LogP) is 9.51. The minimum absolute atomic E-state index is 0. The quantitative estimate of drug-likeness (QED) is 0.0855. The number of nitrogens with zero attached hydrogens (tertiary/aromatic N) is 2. The number of aromatic nitrogens is 2. The van der Waals surface area contributed by atoms with Gasteiger partial charge in [-0.3, -0.25) is 4.79 Å². The van der Waals surface area contributed by atoms with Crippen molar-refractivity contribution < 1.29 is 30.0 Å². The van der Waals surface area contributed by atoms with Crippen molar-refractivity contribution >= 4 is 33.1 Å². The fourth-order valence-corrected chi connectivity index (χ4v) is 5.68. The molecule has 4 rings (SSSR count). The van der Waals surface area contributed by atoms with Crippen LogP contribution in [0.1, 0.15) is 91.0 Å². The van der Waals surface area contributed by atoms with Gasteiger partial charge in [-0.05, 0) is 85.0 Å². The monoisotopic (exact) mass is 720 g/mol. The molecule has 3 heterocycles. The first-order valence-corrected chi connectivity index (χ1v) is 14.6. The number of aliphatic hydroxyl groups excluding tert-OH is 1. The van der Waals surface area contributed by atoms with Crippen LogP contribution in [0, 0.1) is 37.2 Å². The molecule has 0 unspecified atom stereocenters. The van der Waals surface area contributed by atoms with Gasteiger partial charge in [0.05, 0.1) is 5.76 Å². The van der Waals surface area contributed by atoms with Gasteiger partial charge < -0.3 is 14.5 Å². The van der Waals surface area contributed by atoms with Crippen molar-refractivity contribution in [2.24, 2.45) is 17.3 Å². The number of ketones is 1. The zero-order valence-electron chi connectivity index (χ0n) is 25.8. The zero-order valence-corrected chi connectivity index (χ0v) is 28.2. The Kier molecular flexibility index (Phi) is 12.2. The largest absolute Gasteiger partial charge is 0.512 e. The van der Waals surface area contributed by atoms with Crippen molar-refractivity contribution in [3.05, 3.63) is 71.3 Å². The summed E-state index contributed by atoms with van der Waals surface area (Å²) >= 11 is 0. The Balaban J connectivity index is 0.000000307. The second-order valence-electron chi connectivity index (χ2n) is 11.9. The fraction of sp³-hybridized carbons (Fsp3) is 0.486. The van der Waals surface area contributed by atoms with Crippen LogP contribution in [0.4, 0.5) is 0 Å². The first-order valence-electron chi connectivity index (χ1n) is 14.6. The van der Waals surface area contributed by atoms with E-state index in [1.807, 2.05) is 46.0 Å². The molecule has 1 N–H and O–H groups in total. The summed E-state index contributed by atoms with van der Waals surface area (Å²) in [7, 11) is 0. The van der Waals surface area contributed by atoms with Crippen LogP contribution >= 0.6 is 0 Å². The Morgan fingerprint density at radius 2 is 1.65 bits per heavy atom. The normalized spacial score (nSPS) is 12.2. The minimum atomic E-state index is 0. The molecule has 0 saturated carbocycles. The molecule has 0 fully saturated rings. The van der Waals surface area contributed by atoms with E-state index in [1.165, 1.54) is 39.3 Å². The molecule has 4 nitrogen and oxygen atoms in total. The smallest absolute Gasteiger partial charge is 0.162 e. The van der Waals surface area contributed by atoms with Gasteiger partial charge in [-0.1, -0.05) is 54.5 Å². The summed E-state index contributed by atoms with van der Waals surface area (Å²) < 4.78 is 2.41. The SMILES string of the molecule is CCC(CC)C(=O)/C=C(\O)C(CC)CC.Cc1c(CC(C)(C)C)c(C)n2c3ccc[c-]c3c3ncccc3c12.[Ir]. The molecule has 0 saturated heterocycles. The molecular formula is C35H47IrN2O2-. The number of rotatable bonds is 8. The number of pyridine rings is 2. The first-order chi connectivity index (χ1) is 18.5. The molecule has 4 aromatic rings. The molecular weight excluding hydrogens is 673 g/mol. The predicted molar refractivity (Wildman–Crippen MR) is 166 cm³/mol. The molecule has 0 aliphatic heterocycles. The third kappa shape index (κ3) is 7.22. The molecule has 0 atom stereocenters. The second kappa shape index (κ2) is 14.4. The summed E-state index contributed by atoms with van der Waals surface area (Å²) in [6.45, 7) is 19.5. The van der Waals surface area contributed by atoms with Crippen LogP contribution in [0.5, 0.6) is 0 Å². The zero-order chi connectivity index (χ0) is 28.9. The van der Waals surface area contributed by atoms with Crippen molar-refractivity contribution in [3.63, 3.8) is 0 Å². The number of hydrogen-bond donors (Lipinski definition) is 1. The van der Waals surface area contributed by atoms with E-state index in [0.717, 1.165) is 43.0 Å². The van der Waals surface area contributed by atoms with Crippen molar-refractivity contribution in [1.82, 2.24) is 9.38 Å². The van der Waals surface area contributed by atoms with E-state index in [9.17, 15) is 9.90 Å². The van der Waals surface area contributed by atoms with Crippen molar-refractivity contribution in [2.75, 3.05) is 0 Å². The first kappa shape index (κ1) is 33.7. The Morgan fingerprint density at radius 3 is 2.23 bits per heavy atom. The summed E-state index contributed by atoms with van der Waals surface area (Å²) in [5, 5.41) is 12.1. The van der Waals surface area contributed by atoms with Crippen LogP contribution in [-0.2, 0) is 31.3 Å². The summed E-state index contributed by atoms with van der Waals surface area (Å²) in [5.74, 6) is 0.547. The molecule has 1 aromatic carbocycles. The number of hydrogen-bond acceptors (Lipinski definition) is 3. The van der Waals surface area contributed by atoms with Crippen LogP contribution in [-0.4, -0.2) is 20.3 Å². The van der Waals surface area contributed by atoms with E-state index in [0.29, 0.717) is 0 Å². The molecule has 0 aliphatic rings. The van der Waals surface area contributed by atoms with Gasteiger partial charge in [0.25, 0.3) is 0 Å². The minimum Gasteiger partial charge on any atom is -0.512 e. The van der Waals surface area contributed by atoms with Gasteiger partial charge >= 0.3 is 0 Å². The van der Waals surface area contributed by atoms with Gasteiger partial charge in [-0.25, -0.2) is 0 Å². The summed E-state index contributed by atoms with van der Waals surface area (Å²) in [6.07, 6.45) is 7.86. The molecule has 5 heteroatoms. The van der Waals surface area contributed by atoms with E-state index in [1.54, 1.807) is 0 Å². The second-order valence-corrected chi connectivity index (χ2v) is 11.9. The van der Waals surface area contributed by atoms with Gasteiger partial charge in [-0.2, -0.15) is 0 Å². The van der Waals surface area contributed by atoms with Crippen molar-refractivity contribution in [1.29, 1.82) is 0 Å². The van der Waals surface area contributed by atoms with E-state index < -0.39 is 0 Å². The molecule has 1 radical (unpaired) electrons. The number of carbonyl (C=O) groups is 1. The van der Waals surface area contributed by atoms with E-state index in [-0.39, 0.29) is 48.9 Å². The molecule has 0 spiro atoms. The number of fused-ring (bicyclic) bond motifs is 6. The van der Waals surface area contributed by atoms with E-state index in [4.69, 9.17) is 0 Å². The Labute approximate surface area is 254 Å². The van der Waals surface area contributed by atoms with Gasteiger partial charge in [-0.15, -0.1) is 29.7 Å². The van der Waals surface area contributed by atoms with Crippen LogP contribution in [0.3, 0.4) is 0 Å². The van der Waals surface area contributed by atoms with Crippen LogP contribution in [0.25, 0.3) is 27.3 Å². The standard InChI is InChI=1S/C22H23N2.C13H24O2.Ir/c1-14-18(13-22(3,4)5)15(2)24-19-11-7-6-9-16(19)20-17(21(14)24)10-8-12-23-20;1-5-10(6-2)12(14)9-13(15)11(7-3)8-4;/h6-8,10-12H,13H2,1-5H3;9-11,14H,5-8H2,1-4H3;/q-1;;/b;12-9-;.